The minimum Gasteiger partial charge on any atom is -0.458 e. The second-order valence-corrected chi connectivity index (χ2v) is 11.2. The van der Waals surface area contributed by atoms with Crippen LogP contribution in [0.2, 0.25) is 0 Å². The van der Waals surface area contributed by atoms with Crippen LogP contribution in [0.15, 0.2) is 11.6 Å². The summed E-state index contributed by atoms with van der Waals surface area (Å²) in [5.41, 5.74) is 1.24. The summed E-state index contributed by atoms with van der Waals surface area (Å²) in [7, 11) is 0. The highest BCUT2D eigenvalue weighted by Crippen LogP contribution is 2.79. The van der Waals surface area contributed by atoms with Gasteiger partial charge in [0.1, 0.15) is 5.60 Å². The van der Waals surface area contributed by atoms with Crippen molar-refractivity contribution in [3.63, 3.8) is 0 Å². The lowest BCUT2D eigenvalue weighted by atomic mass is 9.43. The lowest BCUT2D eigenvalue weighted by Gasteiger charge is -2.62. The molecular formula is C24H32O4. The van der Waals surface area contributed by atoms with Crippen molar-refractivity contribution in [2.75, 3.05) is 6.61 Å². The molecule has 0 aromatic heterocycles. The van der Waals surface area contributed by atoms with Gasteiger partial charge in [0.2, 0.25) is 0 Å². The molecule has 1 aliphatic heterocycles. The Labute approximate surface area is 167 Å². The highest BCUT2D eigenvalue weighted by Gasteiger charge is 2.79. The minimum atomic E-state index is -0.232. The summed E-state index contributed by atoms with van der Waals surface area (Å²) >= 11 is 0. The molecule has 1 saturated heterocycles. The Morgan fingerprint density at radius 3 is 2.68 bits per heavy atom. The number of ketones is 1. The molecule has 0 unspecified atom stereocenters. The summed E-state index contributed by atoms with van der Waals surface area (Å²) in [6, 6.07) is 0. The topological polar surface area (TPSA) is 63.6 Å². The number of ether oxygens (including phenoxy) is 1. The molecule has 4 saturated carbocycles. The summed E-state index contributed by atoms with van der Waals surface area (Å²) in [6.45, 7) is 5.01. The van der Waals surface area contributed by atoms with E-state index in [9.17, 15) is 14.7 Å². The molecule has 9 atom stereocenters. The first-order valence-corrected chi connectivity index (χ1v) is 11.4. The van der Waals surface area contributed by atoms with Crippen LogP contribution in [-0.2, 0) is 14.3 Å². The van der Waals surface area contributed by atoms with Gasteiger partial charge in [-0.2, -0.15) is 0 Å². The smallest absolute Gasteiger partial charge is 0.306 e. The average molecular weight is 385 g/mol. The number of aliphatic hydroxyl groups excluding tert-OH is 1. The van der Waals surface area contributed by atoms with Crippen molar-refractivity contribution in [1.82, 2.24) is 0 Å². The lowest BCUT2D eigenvalue weighted by Crippen LogP contribution is -2.59. The number of aliphatic hydroxyl groups is 1. The summed E-state index contributed by atoms with van der Waals surface area (Å²) < 4.78 is 6.17. The van der Waals surface area contributed by atoms with Crippen LogP contribution >= 0.6 is 0 Å². The molecule has 1 N–H and O–H groups in total. The largest absolute Gasteiger partial charge is 0.458 e. The van der Waals surface area contributed by atoms with Crippen LogP contribution in [0.1, 0.15) is 65.2 Å². The van der Waals surface area contributed by atoms with Crippen molar-refractivity contribution in [2.45, 2.75) is 70.8 Å². The van der Waals surface area contributed by atoms with Gasteiger partial charge < -0.3 is 9.84 Å². The van der Waals surface area contributed by atoms with Crippen molar-refractivity contribution in [3.8, 4) is 0 Å². The van der Waals surface area contributed by atoms with Crippen LogP contribution in [0.3, 0.4) is 0 Å². The number of carbonyl (C=O) groups is 2. The summed E-state index contributed by atoms with van der Waals surface area (Å²) in [5.74, 6) is 3.31. The van der Waals surface area contributed by atoms with Crippen LogP contribution in [0.25, 0.3) is 0 Å². The van der Waals surface area contributed by atoms with Crippen LogP contribution < -0.4 is 0 Å². The van der Waals surface area contributed by atoms with Crippen molar-refractivity contribution in [3.05, 3.63) is 11.6 Å². The van der Waals surface area contributed by atoms with Gasteiger partial charge in [0, 0.05) is 30.8 Å². The maximum Gasteiger partial charge on any atom is 0.306 e. The Morgan fingerprint density at radius 2 is 1.96 bits per heavy atom. The number of rotatable bonds is 1. The van der Waals surface area contributed by atoms with Crippen molar-refractivity contribution in [1.29, 1.82) is 0 Å². The van der Waals surface area contributed by atoms with E-state index >= 15 is 0 Å². The first-order valence-electron chi connectivity index (χ1n) is 11.4. The fourth-order valence-corrected chi connectivity index (χ4v) is 9.23. The van der Waals surface area contributed by atoms with Gasteiger partial charge in [-0.3, -0.25) is 9.59 Å². The van der Waals surface area contributed by atoms with Gasteiger partial charge in [-0.05, 0) is 79.6 Å². The van der Waals surface area contributed by atoms with E-state index in [0.717, 1.165) is 32.1 Å². The number of allylic oxidation sites excluding steroid dienone is 1. The predicted octanol–water partition coefficient (Wildman–Crippen LogP) is 3.67. The Kier molecular flexibility index (Phi) is 3.35. The molecule has 0 aromatic carbocycles. The van der Waals surface area contributed by atoms with Gasteiger partial charge in [-0.15, -0.1) is 0 Å². The van der Waals surface area contributed by atoms with Crippen molar-refractivity contribution >= 4 is 11.8 Å². The van der Waals surface area contributed by atoms with Crippen LogP contribution in [0.4, 0.5) is 0 Å². The number of hydrogen-bond donors (Lipinski definition) is 1. The quantitative estimate of drug-likeness (QED) is 0.701. The zero-order valence-electron chi connectivity index (χ0n) is 17.1. The summed E-state index contributed by atoms with van der Waals surface area (Å²) in [4.78, 5) is 24.3. The second-order valence-electron chi connectivity index (χ2n) is 11.2. The normalized spacial score (nSPS) is 56.5. The maximum atomic E-state index is 12.2. The van der Waals surface area contributed by atoms with Crippen molar-refractivity contribution in [2.24, 2.45) is 46.3 Å². The number of esters is 1. The third kappa shape index (κ3) is 1.87. The molecule has 4 nitrogen and oxygen atoms in total. The number of fused-ring (bicyclic) bond motifs is 9. The third-order valence-electron chi connectivity index (χ3n) is 10.5. The van der Waals surface area contributed by atoms with E-state index in [4.69, 9.17) is 4.74 Å². The fourth-order valence-electron chi connectivity index (χ4n) is 9.23. The van der Waals surface area contributed by atoms with E-state index in [1.165, 1.54) is 12.0 Å². The molecule has 0 aromatic rings. The zero-order chi connectivity index (χ0) is 19.5. The molecule has 6 rings (SSSR count). The van der Waals surface area contributed by atoms with Gasteiger partial charge in [-0.1, -0.05) is 19.4 Å². The second kappa shape index (κ2) is 5.30. The standard InChI is InChI=1S/C24H32O4/c1-22-6-3-15(26)10-14(22)9-13(12-25)20-17(22)4-7-23(2)21(20)16-11-18(16)24(23)8-5-19(27)28-24/h10,13,16-18,20-21,25H,3-9,11-12H2,1-2H3/t13-,16-,17+,18+,20-,21+,22+,23+,24-/m1/s1. The highest BCUT2D eigenvalue weighted by molar-refractivity contribution is 5.91. The third-order valence-corrected chi connectivity index (χ3v) is 10.5. The Bertz CT molecular complexity index is 800. The molecule has 0 bridgehead atoms. The minimum absolute atomic E-state index is 0.0000230. The van der Waals surface area contributed by atoms with Crippen molar-refractivity contribution < 1.29 is 19.4 Å². The Balaban J connectivity index is 1.44. The molecule has 28 heavy (non-hydrogen) atoms. The molecule has 1 spiro atoms. The lowest BCUT2D eigenvalue weighted by molar-refractivity contribution is -0.181. The Morgan fingerprint density at radius 1 is 1.14 bits per heavy atom. The van der Waals surface area contributed by atoms with E-state index in [-0.39, 0.29) is 40.7 Å². The van der Waals surface area contributed by atoms with Gasteiger partial charge in [-0.25, -0.2) is 0 Å². The molecule has 0 radical (unpaired) electrons. The predicted molar refractivity (Wildman–Crippen MR) is 103 cm³/mol. The van der Waals surface area contributed by atoms with Crippen LogP contribution in [0.5, 0.6) is 0 Å². The number of hydrogen-bond acceptors (Lipinski definition) is 4. The van der Waals surface area contributed by atoms with Crippen LogP contribution in [-0.4, -0.2) is 29.1 Å². The van der Waals surface area contributed by atoms with E-state index in [0.29, 0.717) is 42.4 Å². The molecular weight excluding hydrogens is 352 g/mol. The average Bonchev–Trinajstić information content (AvgIpc) is 3.30. The molecule has 5 aliphatic carbocycles. The summed E-state index contributed by atoms with van der Waals surface area (Å²) in [6.07, 6.45) is 9.36. The van der Waals surface area contributed by atoms with Gasteiger partial charge in [0.05, 0.1) is 0 Å². The maximum absolute atomic E-state index is 12.2. The molecule has 152 valence electrons. The first kappa shape index (κ1) is 17.7. The number of carbonyl (C=O) groups excluding carboxylic acids is 2. The van der Waals surface area contributed by atoms with E-state index in [1.54, 1.807) is 0 Å². The van der Waals surface area contributed by atoms with E-state index < -0.39 is 0 Å². The summed E-state index contributed by atoms with van der Waals surface area (Å²) in [5, 5.41) is 10.4. The molecule has 4 heteroatoms. The molecule has 0 amide bonds. The van der Waals surface area contributed by atoms with Gasteiger partial charge in [0.25, 0.3) is 0 Å². The SMILES string of the molecule is C[C@]12CCC(=O)C=C1C[C@H](CO)[C@H]1[C@@H]3[C@@H]4C[C@@H]4[C@]4(CCC(=O)O4)[C@@]3(C)CC[C@@H]12. The molecule has 6 aliphatic rings. The van der Waals surface area contributed by atoms with E-state index in [2.05, 4.69) is 13.8 Å². The van der Waals surface area contributed by atoms with E-state index in [1.807, 2.05) is 6.08 Å². The highest BCUT2D eigenvalue weighted by atomic mass is 16.6. The van der Waals surface area contributed by atoms with Gasteiger partial charge >= 0.3 is 5.97 Å². The van der Waals surface area contributed by atoms with Crippen LogP contribution in [0, 0.1) is 46.3 Å². The molecule has 5 fully saturated rings. The molecule has 1 heterocycles. The fraction of sp³-hybridized carbons (Fsp3) is 0.833. The zero-order valence-corrected chi connectivity index (χ0v) is 17.1. The van der Waals surface area contributed by atoms with Gasteiger partial charge in [0.15, 0.2) is 5.78 Å². The first-order chi connectivity index (χ1) is 13.3. The monoisotopic (exact) mass is 384 g/mol. The Hall–Kier alpha value is -1.16.